The topological polar surface area (TPSA) is 60.2 Å². The Hall–Kier alpha value is -3.24. The zero-order valence-corrected chi connectivity index (χ0v) is 17.8. The van der Waals surface area contributed by atoms with Crippen LogP contribution < -0.4 is 4.90 Å². The van der Waals surface area contributed by atoms with Crippen LogP contribution in [0.3, 0.4) is 0 Å². The van der Waals surface area contributed by atoms with Crippen molar-refractivity contribution in [2.45, 2.75) is 13.3 Å². The lowest BCUT2D eigenvalue weighted by atomic mass is 10.1. The number of amides is 1. The third-order valence-electron chi connectivity index (χ3n) is 5.32. The smallest absolute Gasteiger partial charge is 0.256 e. The first kappa shape index (κ1) is 22.4. The number of rotatable bonds is 2. The summed E-state index contributed by atoms with van der Waals surface area (Å²) in [5.41, 5.74) is 2.24. The van der Waals surface area contributed by atoms with Crippen LogP contribution in [-0.2, 0) is 0 Å². The molecule has 1 amide bonds. The van der Waals surface area contributed by atoms with E-state index in [0.717, 1.165) is 28.6 Å². The highest BCUT2D eigenvalue weighted by molar-refractivity contribution is 5.94. The van der Waals surface area contributed by atoms with Crippen LogP contribution in [0.5, 0.6) is 0 Å². The van der Waals surface area contributed by atoms with Gasteiger partial charge in [0.15, 0.2) is 0 Å². The van der Waals surface area contributed by atoms with E-state index in [1.165, 1.54) is 6.07 Å². The molecule has 2 aromatic carbocycles. The molecule has 31 heavy (non-hydrogen) atoms. The fraction of sp³-hybridized carbons (Fsp3) is 0.261. The number of anilines is 1. The number of benzene rings is 2. The van der Waals surface area contributed by atoms with Crippen LogP contribution in [0.2, 0.25) is 0 Å². The fourth-order valence-corrected chi connectivity index (χ4v) is 3.76. The van der Waals surface area contributed by atoms with E-state index in [2.05, 4.69) is 6.07 Å². The minimum Gasteiger partial charge on any atom is -0.354 e. The molecule has 0 spiro atoms. The molecule has 0 aliphatic carbocycles. The first-order valence-electron chi connectivity index (χ1n) is 9.77. The van der Waals surface area contributed by atoms with Gasteiger partial charge in [0.05, 0.1) is 16.6 Å². The van der Waals surface area contributed by atoms with Gasteiger partial charge in [-0.25, -0.2) is 13.8 Å². The summed E-state index contributed by atoms with van der Waals surface area (Å²) in [6.07, 6.45) is 0.646. The molecule has 8 heteroatoms. The molecule has 1 aromatic heterocycles. The zero-order chi connectivity index (χ0) is 21.3. The average molecular weight is 443 g/mol. The second kappa shape index (κ2) is 9.27. The maximum Gasteiger partial charge on any atom is 0.256 e. The van der Waals surface area contributed by atoms with Gasteiger partial charge in [0.25, 0.3) is 5.91 Å². The molecule has 1 aliphatic rings. The SMILES string of the molecule is Cc1ccc2cc(C#N)c(N3CCCN(C(=O)c4ccc(F)cc4F)CC3)nc2c1.Cl. The number of nitriles is 1. The molecule has 0 atom stereocenters. The quantitative estimate of drug-likeness (QED) is 0.587. The van der Waals surface area contributed by atoms with E-state index in [-0.39, 0.29) is 18.0 Å². The standard InChI is InChI=1S/C23H20F2N4O.ClH/c1-15-3-4-16-12-17(14-26)22(27-21(16)11-15)28-7-2-8-29(10-9-28)23(30)19-6-5-18(24)13-20(19)25;/h3-6,11-13H,2,7-10H2,1H3;1H. The Morgan fingerprint density at radius 2 is 1.87 bits per heavy atom. The summed E-state index contributed by atoms with van der Waals surface area (Å²) in [4.78, 5) is 21.0. The molecule has 2 heterocycles. The number of fused-ring (bicyclic) bond motifs is 1. The Bertz CT molecular complexity index is 1180. The van der Waals surface area contributed by atoms with Gasteiger partial charge < -0.3 is 9.80 Å². The van der Waals surface area contributed by atoms with Gasteiger partial charge in [0, 0.05) is 37.6 Å². The predicted octanol–water partition coefficient (Wildman–Crippen LogP) is 4.47. The maximum atomic E-state index is 14.0. The number of hydrogen-bond acceptors (Lipinski definition) is 4. The predicted molar refractivity (Wildman–Crippen MR) is 118 cm³/mol. The molecule has 1 saturated heterocycles. The van der Waals surface area contributed by atoms with Gasteiger partial charge in [-0.05, 0) is 43.2 Å². The van der Waals surface area contributed by atoms with Crippen LogP contribution in [0.25, 0.3) is 10.9 Å². The van der Waals surface area contributed by atoms with E-state index in [1.54, 1.807) is 4.90 Å². The van der Waals surface area contributed by atoms with Gasteiger partial charge in [-0.15, -0.1) is 12.4 Å². The van der Waals surface area contributed by atoms with Crippen molar-refractivity contribution in [3.63, 3.8) is 0 Å². The lowest BCUT2D eigenvalue weighted by molar-refractivity contribution is 0.0762. The number of aryl methyl sites for hydroxylation is 1. The second-order valence-corrected chi connectivity index (χ2v) is 7.42. The highest BCUT2D eigenvalue weighted by Gasteiger charge is 2.24. The molecule has 0 N–H and O–H groups in total. The number of hydrogen-bond donors (Lipinski definition) is 0. The van der Waals surface area contributed by atoms with E-state index >= 15 is 0 Å². The number of carbonyl (C=O) groups excluding carboxylic acids is 1. The monoisotopic (exact) mass is 442 g/mol. The third kappa shape index (κ3) is 4.59. The van der Waals surface area contributed by atoms with Crippen LogP contribution in [0, 0.1) is 29.9 Å². The largest absolute Gasteiger partial charge is 0.354 e. The van der Waals surface area contributed by atoms with Gasteiger partial charge in [-0.2, -0.15) is 5.26 Å². The summed E-state index contributed by atoms with van der Waals surface area (Å²) in [7, 11) is 0. The minimum atomic E-state index is -0.862. The van der Waals surface area contributed by atoms with Crippen molar-refractivity contribution in [2.24, 2.45) is 0 Å². The number of halogens is 3. The van der Waals surface area contributed by atoms with Crippen LogP contribution in [0.4, 0.5) is 14.6 Å². The summed E-state index contributed by atoms with van der Waals surface area (Å²) in [6, 6.07) is 12.9. The molecule has 5 nitrogen and oxygen atoms in total. The summed E-state index contributed by atoms with van der Waals surface area (Å²) in [5.74, 6) is -1.44. The lowest BCUT2D eigenvalue weighted by Crippen LogP contribution is -2.36. The molecule has 160 valence electrons. The Morgan fingerprint density at radius 1 is 1.06 bits per heavy atom. The Labute approximate surface area is 185 Å². The number of nitrogens with zero attached hydrogens (tertiary/aromatic N) is 4. The van der Waals surface area contributed by atoms with Crippen LogP contribution >= 0.6 is 12.4 Å². The van der Waals surface area contributed by atoms with Gasteiger partial charge in [0.2, 0.25) is 0 Å². The van der Waals surface area contributed by atoms with E-state index in [4.69, 9.17) is 4.98 Å². The van der Waals surface area contributed by atoms with E-state index in [9.17, 15) is 18.8 Å². The summed E-state index contributed by atoms with van der Waals surface area (Å²) in [5, 5.41) is 10.5. The molecule has 0 saturated carbocycles. The highest BCUT2D eigenvalue weighted by Crippen LogP contribution is 2.25. The van der Waals surface area contributed by atoms with Crippen LogP contribution in [0.1, 0.15) is 27.9 Å². The summed E-state index contributed by atoms with van der Waals surface area (Å²) in [6.45, 7) is 3.88. The third-order valence-corrected chi connectivity index (χ3v) is 5.32. The Kier molecular flexibility index (Phi) is 6.71. The first-order chi connectivity index (χ1) is 14.5. The molecule has 3 aromatic rings. The van der Waals surface area contributed by atoms with Gasteiger partial charge >= 0.3 is 0 Å². The molecule has 1 aliphatic heterocycles. The van der Waals surface area contributed by atoms with Gasteiger partial charge in [-0.3, -0.25) is 4.79 Å². The van der Waals surface area contributed by atoms with Crippen molar-refractivity contribution < 1.29 is 13.6 Å². The molecule has 0 bridgehead atoms. The number of aromatic nitrogens is 1. The number of pyridine rings is 1. The molecule has 0 unspecified atom stereocenters. The van der Waals surface area contributed by atoms with Gasteiger partial charge in [0.1, 0.15) is 23.5 Å². The Morgan fingerprint density at radius 3 is 2.61 bits per heavy atom. The molecular weight excluding hydrogens is 422 g/mol. The molecule has 4 rings (SSSR count). The molecule has 1 fully saturated rings. The van der Waals surface area contributed by atoms with Crippen molar-refractivity contribution in [3.8, 4) is 6.07 Å². The normalized spacial score (nSPS) is 14.0. The Balaban J connectivity index is 0.00000272. The van der Waals surface area contributed by atoms with Crippen molar-refractivity contribution in [1.82, 2.24) is 9.88 Å². The van der Waals surface area contributed by atoms with Crippen molar-refractivity contribution in [2.75, 3.05) is 31.1 Å². The number of carbonyl (C=O) groups is 1. The van der Waals surface area contributed by atoms with Crippen molar-refractivity contribution in [3.05, 3.63) is 70.8 Å². The first-order valence-corrected chi connectivity index (χ1v) is 9.77. The van der Waals surface area contributed by atoms with E-state index < -0.39 is 17.5 Å². The van der Waals surface area contributed by atoms with Crippen molar-refractivity contribution >= 4 is 35.0 Å². The molecule has 0 radical (unpaired) electrons. The second-order valence-electron chi connectivity index (χ2n) is 7.42. The summed E-state index contributed by atoms with van der Waals surface area (Å²) >= 11 is 0. The van der Waals surface area contributed by atoms with Gasteiger partial charge in [-0.1, -0.05) is 12.1 Å². The van der Waals surface area contributed by atoms with Crippen LogP contribution in [-0.4, -0.2) is 42.0 Å². The lowest BCUT2D eigenvalue weighted by Gasteiger charge is -2.24. The van der Waals surface area contributed by atoms with E-state index in [0.29, 0.717) is 44.0 Å². The molecular formula is C23H21ClF2N4O. The summed E-state index contributed by atoms with van der Waals surface area (Å²) < 4.78 is 27.2. The minimum absolute atomic E-state index is 0. The average Bonchev–Trinajstić information content (AvgIpc) is 2.98. The van der Waals surface area contributed by atoms with E-state index in [1.807, 2.05) is 36.1 Å². The van der Waals surface area contributed by atoms with Crippen molar-refractivity contribution in [1.29, 1.82) is 5.26 Å². The maximum absolute atomic E-state index is 14.0. The highest BCUT2D eigenvalue weighted by atomic mass is 35.5. The zero-order valence-electron chi connectivity index (χ0n) is 16.9. The van der Waals surface area contributed by atoms with Crippen LogP contribution in [0.15, 0.2) is 42.5 Å². The fourth-order valence-electron chi connectivity index (χ4n) is 3.76.